The minimum atomic E-state index is -0.819. The van der Waals surface area contributed by atoms with Crippen molar-refractivity contribution >= 4 is 44.2 Å². The summed E-state index contributed by atoms with van der Waals surface area (Å²) in [6, 6.07) is 21.7. The average molecular weight is 548 g/mol. The maximum absolute atomic E-state index is 11.0. The highest BCUT2D eigenvalue weighted by Crippen LogP contribution is 2.33. The van der Waals surface area contributed by atoms with Gasteiger partial charge in [0, 0.05) is 28.4 Å². The van der Waals surface area contributed by atoms with Crippen LogP contribution in [0.5, 0.6) is 5.88 Å². The fraction of sp³-hybridized carbons (Fsp3) is 0.241. The van der Waals surface area contributed by atoms with E-state index in [1.807, 2.05) is 54.6 Å². The Labute approximate surface area is 219 Å². The summed E-state index contributed by atoms with van der Waals surface area (Å²) in [4.78, 5) is 21.4. The lowest BCUT2D eigenvalue weighted by Gasteiger charge is -2.17. The molecule has 0 saturated heterocycles. The number of carboxylic acid groups (broad SMARTS) is 1. The molecule has 0 unspecified atom stereocenters. The Morgan fingerprint density at radius 2 is 1.64 bits per heavy atom. The van der Waals surface area contributed by atoms with Gasteiger partial charge in [-0.25, -0.2) is 4.99 Å². The molecule has 0 saturated carbocycles. The molecular formula is C29H30BrN3O3. The molecule has 3 aromatic carbocycles. The van der Waals surface area contributed by atoms with E-state index in [1.165, 1.54) is 5.56 Å². The van der Waals surface area contributed by atoms with Crippen LogP contribution < -0.4 is 0 Å². The van der Waals surface area contributed by atoms with Gasteiger partial charge in [-0.2, -0.15) is 0 Å². The number of aryl methyl sites for hydroxylation is 1. The molecule has 6 nitrogen and oxygen atoms in total. The van der Waals surface area contributed by atoms with Gasteiger partial charge in [0.25, 0.3) is 0 Å². The zero-order valence-electron chi connectivity index (χ0n) is 20.5. The number of aliphatic carboxylic acids is 1. The minimum Gasteiger partial charge on any atom is -0.494 e. The van der Waals surface area contributed by atoms with Crippen molar-refractivity contribution in [3.63, 3.8) is 0 Å². The molecule has 1 heterocycles. The molecule has 0 amide bonds. The minimum absolute atomic E-state index is 0.0509. The van der Waals surface area contributed by atoms with Gasteiger partial charge in [-0.1, -0.05) is 72.2 Å². The Hall–Kier alpha value is -3.42. The summed E-state index contributed by atoms with van der Waals surface area (Å²) in [5.74, 6) is -0.768. The molecule has 0 bridgehead atoms. The van der Waals surface area contributed by atoms with Crippen LogP contribution in [0.2, 0.25) is 0 Å². The number of nitrogens with one attached hydrogen (secondary N) is 1. The molecule has 186 valence electrons. The van der Waals surface area contributed by atoms with Gasteiger partial charge < -0.3 is 15.2 Å². The van der Waals surface area contributed by atoms with E-state index in [2.05, 4.69) is 51.8 Å². The molecule has 7 heteroatoms. The number of hydrogen-bond donors (Lipinski definition) is 3. The standard InChI is InChI=1S/C29H30BrN3O3/c1-3-33(4-2)18-20-7-13-23(14-8-20)31-28(21-10-5-19(6-11-21)9-16-26(34)35)27-24-15-12-22(30)17-25(24)32-29(27)36/h5-8,10-15,17,32,36H,3-4,9,16,18H2,1-2H3,(H,34,35). The van der Waals surface area contributed by atoms with Crippen LogP contribution >= 0.6 is 15.9 Å². The molecule has 0 atom stereocenters. The average Bonchev–Trinajstić information content (AvgIpc) is 3.20. The summed E-state index contributed by atoms with van der Waals surface area (Å²) in [7, 11) is 0. The van der Waals surface area contributed by atoms with Gasteiger partial charge in [0.2, 0.25) is 0 Å². The summed E-state index contributed by atoms with van der Waals surface area (Å²) >= 11 is 3.49. The molecule has 0 aliphatic carbocycles. The Bertz CT molecular complexity index is 1370. The van der Waals surface area contributed by atoms with E-state index in [4.69, 9.17) is 10.1 Å². The topological polar surface area (TPSA) is 88.9 Å². The lowest BCUT2D eigenvalue weighted by atomic mass is 9.98. The number of fused-ring (bicyclic) bond motifs is 1. The lowest BCUT2D eigenvalue weighted by molar-refractivity contribution is -0.136. The highest BCUT2D eigenvalue weighted by Gasteiger charge is 2.19. The predicted octanol–water partition coefficient (Wildman–Crippen LogP) is 6.66. The van der Waals surface area contributed by atoms with Gasteiger partial charge in [-0.05, 0) is 54.9 Å². The van der Waals surface area contributed by atoms with Crippen molar-refractivity contribution in [3.05, 3.63) is 93.5 Å². The molecule has 3 N–H and O–H groups in total. The lowest BCUT2D eigenvalue weighted by Crippen LogP contribution is -2.21. The number of halogens is 1. The van der Waals surface area contributed by atoms with Crippen LogP contribution in [0, 0.1) is 0 Å². The molecule has 4 aromatic rings. The first-order valence-electron chi connectivity index (χ1n) is 12.1. The fourth-order valence-electron chi connectivity index (χ4n) is 4.25. The van der Waals surface area contributed by atoms with E-state index in [-0.39, 0.29) is 12.3 Å². The number of aromatic hydroxyl groups is 1. The zero-order chi connectivity index (χ0) is 25.7. The highest BCUT2D eigenvalue weighted by molar-refractivity contribution is 9.10. The molecule has 0 aliphatic heterocycles. The second-order valence-electron chi connectivity index (χ2n) is 8.72. The number of aromatic amines is 1. The normalized spacial score (nSPS) is 11.9. The number of hydrogen-bond acceptors (Lipinski definition) is 4. The number of carbonyl (C=O) groups is 1. The van der Waals surface area contributed by atoms with Crippen LogP contribution in [-0.4, -0.2) is 44.9 Å². The molecule has 0 aliphatic rings. The number of rotatable bonds is 10. The summed E-state index contributed by atoms with van der Waals surface area (Å²) < 4.78 is 0.910. The third-order valence-corrected chi connectivity index (χ3v) is 6.80. The Kier molecular flexibility index (Phi) is 8.23. The van der Waals surface area contributed by atoms with Crippen LogP contribution in [0.3, 0.4) is 0 Å². The van der Waals surface area contributed by atoms with E-state index < -0.39 is 5.97 Å². The third-order valence-electron chi connectivity index (χ3n) is 6.31. The van der Waals surface area contributed by atoms with Gasteiger partial charge in [-0.3, -0.25) is 9.69 Å². The third kappa shape index (κ3) is 6.04. The van der Waals surface area contributed by atoms with Gasteiger partial charge in [0.1, 0.15) is 0 Å². The van der Waals surface area contributed by atoms with E-state index in [0.717, 1.165) is 51.8 Å². The Balaban J connectivity index is 1.76. The van der Waals surface area contributed by atoms with Gasteiger partial charge >= 0.3 is 5.97 Å². The number of carboxylic acids is 1. The van der Waals surface area contributed by atoms with Crippen molar-refractivity contribution in [1.29, 1.82) is 0 Å². The molecule has 0 spiro atoms. The van der Waals surface area contributed by atoms with Crippen molar-refractivity contribution < 1.29 is 15.0 Å². The quantitative estimate of drug-likeness (QED) is 0.193. The zero-order valence-corrected chi connectivity index (χ0v) is 22.0. The summed E-state index contributed by atoms with van der Waals surface area (Å²) in [5, 5.41) is 20.8. The van der Waals surface area contributed by atoms with Crippen LogP contribution in [0.1, 0.15) is 42.5 Å². The number of H-pyrrole nitrogens is 1. The van der Waals surface area contributed by atoms with Crippen LogP contribution in [0.25, 0.3) is 10.9 Å². The van der Waals surface area contributed by atoms with Gasteiger partial charge in [0.15, 0.2) is 5.88 Å². The second-order valence-corrected chi connectivity index (χ2v) is 9.63. The second kappa shape index (κ2) is 11.5. The SMILES string of the molecule is CCN(CC)Cc1ccc(N=C(c2ccc(CCC(=O)O)cc2)c2c(O)[nH]c3cc(Br)ccc23)cc1. The molecule has 36 heavy (non-hydrogen) atoms. The maximum atomic E-state index is 11.0. The first-order valence-corrected chi connectivity index (χ1v) is 12.9. The van der Waals surface area contributed by atoms with Crippen molar-refractivity contribution in [2.75, 3.05) is 13.1 Å². The van der Waals surface area contributed by atoms with Crippen molar-refractivity contribution in [2.24, 2.45) is 4.99 Å². The van der Waals surface area contributed by atoms with E-state index in [9.17, 15) is 9.90 Å². The number of aliphatic imine (C=N–C) groups is 1. The number of nitrogens with zero attached hydrogens (tertiary/aromatic N) is 2. The van der Waals surface area contributed by atoms with Crippen LogP contribution in [-0.2, 0) is 17.8 Å². The summed E-state index contributed by atoms with van der Waals surface area (Å²) in [6.45, 7) is 7.21. The van der Waals surface area contributed by atoms with Crippen molar-refractivity contribution in [2.45, 2.75) is 33.2 Å². The Morgan fingerprint density at radius 1 is 0.972 bits per heavy atom. The smallest absolute Gasteiger partial charge is 0.303 e. The van der Waals surface area contributed by atoms with Crippen LogP contribution in [0.15, 0.2) is 76.2 Å². The summed E-state index contributed by atoms with van der Waals surface area (Å²) in [6.07, 6.45) is 0.542. The fourth-order valence-corrected chi connectivity index (χ4v) is 4.61. The van der Waals surface area contributed by atoms with Crippen molar-refractivity contribution in [3.8, 4) is 5.88 Å². The van der Waals surface area contributed by atoms with Gasteiger partial charge in [-0.15, -0.1) is 0 Å². The molecular weight excluding hydrogens is 518 g/mol. The van der Waals surface area contributed by atoms with Gasteiger partial charge in [0.05, 0.1) is 22.5 Å². The van der Waals surface area contributed by atoms with Crippen LogP contribution in [0.4, 0.5) is 5.69 Å². The Morgan fingerprint density at radius 3 is 2.28 bits per heavy atom. The van der Waals surface area contributed by atoms with E-state index >= 15 is 0 Å². The first kappa shape index (κ1) is 25.7. The predicted molar refractivity (Wildman–Crippen MR) is 148 cm³/mol. The molecule has 1 aromatic heterocycles. The molecule has 0 fully saturated rings. The van der Waals surface area contributed by atoms with Crippen molar-refractivity contribution in [1.82, 2.24) is 9.88 Å². The maximum Gasteiger partial charge on any atom is 0.303 e. The molecule has 4 rings (SSSR count). The summed E-state index contributed by atoms with van der Waals surface area (Å²) in [5.41, 5.74) is 5.85. The monoisotopic (exact) mass is 547 g/mol. The largest absolute Gasteiger partial charge is 0.494 e. The van der Waals surface area contributed by atoms with E-state index in [0.29, 0.717) is 17.7 Å². The highest BCUT2D eigenvalue weighted by atomic mass is 79.9. The van der Waals surface area contributed by atoms with E-state index in [1.54, 1.807) is 0 Å². The number of aromatic nitrogens is 1. The first-order chi connectivity index (χ1) is 17.4. The molecule has 0 radical (unpaired) electrons. The number of benzene rings is 3.